The average Bonchev–Trinajstić information content (AvgIpc) is 2.65. The predicted octanol–water partition coefficient (Wildman–Crippen LogP) is 1.40. The number of hydrogen-bond acceptors (Lipinski definition) is 5. The Hall–Kier alpha value is -1.31. The maximum Gasteiger partial charge on any atom is 0.488 e. The minimum Gasteiger partial charge on any atom is -0.437 e. The molecule has 1 aromatic carbocycles. The topological polar surface area (TPSA) is 66.5 Å². The van der Waals surface area contributed by atoms with Crippen LogP contribution in [0.3, 0.4) is 0 Å². The number of halogens is 1. The van der Waals surface area contributed by atoms with Crippen LogP contribution in [0, 0.1) is 19.7 Å². The smallest absolute Gasteiger partial charge is 0.437 e. The lowest BCUT2D eigenvalue weighted by Gasteiger charge is -2.04. The summed E-state index contributed by atoms with van der Waals surface area (Å²) in [7, 11) is -1.68. The van der Waals surface area contributed by atoms with Gasteiger partial charge in [-0.05, 0) is 37.0 Å². The van der Waals surface area contributed by atoms with Crippen LogP contribution < -0.4 is 5.46 Å². The molecule has 2 rings (SSSR count). The second-order valence-corrected chi connectivity index (χ2v) is 5.10. The van der Waals surface area contributed by atoms with Crippen LogP contribution in [0.5, 0.6) is 0 Å². The van der Waals surface area contributed by atoms with Gasteiger partial charge < -0.3 is 14.5 Å². The third kappa shape index (κ3) is 3.59. The summed E-state index contributed by atoms with van der Waals surface area (Å²) >= 11 is 1.33. The normalized spacial score (nSPS) is 10.8. The summed E-state index contributed by atoms with van der Waals surface area (Å²) in [6, 6.07) is 3.99. The van der Waals surface area contributed by atoms with Crippen molar-refractivity contribution in [3.8, 4) is 0 Å². The Balaban J connectivity index is 2.11. The van der Waals surface area contributed by atoms with Crippen molar-refractivity contribution < 1.29 is 18.9 Å². The molecule has 2 N–H and O–H groups in total. The van der Waals surface area contributed by atoms with Crippen LogP contribution in [-0.4, -0.2) is 22.2 Å². The molecule has 0 aliphatic heterocycles. The van der Waals surface area contributed by atoms with Gasteiger partial charge in [0.15, 0.2) is 0 Å². The highest BCUT2D eigenvalue weighted by Crippen LogP contribution is 2.24. The first-order valence-corrected chi connectivity index (χ1v) is 6.66. The van der Waals surface area contributed by atoms with Crippen LogP contribution in [0.15, 0.2) is 27.8 Å². The molecule has 1 heterocycles. The molecule has 7 heteroatoms. The molecular formula is C12H13BFNO3S. The predicted molar refractivity (Wildman–Crippen MR) is 71.8 cm³/mol. The van der Waals surface area contributed by atoms with Crippen molar-refractivity contribution in [1.82, 2.24) is 4.98 Å². The maximum absolute atomic E-state index is 13.3. The van der Waals surface area contributed by atoms with Gasteiger partial charge in [0.2, 0.25) is 0 Å². The van der Waals surface area contributed by atoms with E-state index < -0.39 is 12.9 Å². The third-order valence-electron chi connectivity index (χ3n) is 2.65. The largest absolute Gasteiger partial charge is 0.488 e. The molecule has 0 bridgehead atoms. The highest BCUT2D eigenvalue weighted by Gasteiger charge is 2.14. The van der Waals surface area contributed by atoms with E-state index in [0.29, 0.717) is 16.5 Å². The number of rotatable bonds is 4. The number of thioether (sulfide) groups is 1. The van der Waals surface area contributed by atoms with Gasteiger partial charge in [0.1, 0.15) is 11.6 Å². The Labute approximate surface area is 114 Å². The number of nitrogens with zero attached hydrogens (tertiary/aromatic N) is 1. The molecule has 0 saturated carbocycles. The maximum atomic E-state index is 13.3. The molecule has 0 spiro atoms. The SMILES string of the molecule is Cc1nc(SCc2cc(F)cc(B(O)O)c2)oc1C. The van der Waals surface area contributed by atoms with Crippen LogP contribution in [0.25, 0.3) is 0 Å². The van der Waals surface area contributed by atoms with Gasteiger partial charge in [0.05, 0.1) is 5.69 Å². The molecule has 100 valence electrons. The molecule has 0 aliphatic rings. The van der Waals surface area contributed by atoms with Gasteiger partial charge in [-0.25, -0.2) is 9.37 Å². The van der Waals surface area contributed by atoms with Gasteiger partial charge in [-0.1, -0.05) is 17.8 Å². The Morgan fingerprint density at radius 2 is 2.05 bits per heavy atom. The van der Waals surface area contributed by atoms with Crippen LogP contribution in [0.4, 0.5) is 4.39 Å². The van der Waals surface area contributed by atoms with E-state index in [1.54, 1.807) is 6.07 Å². The summed E-state index contributed by atoms with van der Waals surface area (Å²) in [4.78, 5) is 4.21. The van der Waals surface area contributed by atoms with E-state index in [1.165, 1.54) is 17.8 Å². The van der Waals surface area contributed by atoms with Gasteiger partial charge in [0, 0.05) is 5.75 Å². The Bertz CT molecular complexity index is 569. The lowest BCUT2D eigenvalue weighted by molar-refractivity contribution is 0.425. The first kappa shape index (κ1) is 14.1. The van der Waals surface area contributed by atoms with E-state index in [9.17, 15) is 4.39 Å². The van der Waals surface area contributed by atoms with Gasteiger partial charge in [-0.15, -0.1) is 0 Å². The highest BCUT2D eigenvalue weighted by atomic mass is 32.2. The minimum atomic E-state index is -1.68. The summed E-state index contributed by atoms with van der Waals surface area (Å²) in [6.45, 7) is 3.68. The molecule has 19 heavy (non-hydrogen) atoms. The zero-order valence-corrected chi connectivity index (χ0v) is 11.4. The third-order valence-corrected chi connectivity index (χ3v) is 3.55. The van der Waals surface area contributed by atoms with Crippen molar-refractivity contribution in [3.05, 3.63) is 41.0 Å². The van der Waals surface area contributed by atoms with Gasteiger partial charge in [0.25, 0.3) is 5.22 Å². The first-order valence-electron chi connectivity index (χ1n) is 5.68. The van der Waals surface area contributed by atoms with Crippen molar-refractivity contribution >= 4 is 24.3 Å². The monoisotopic (exact) mass is 281 g/mol. The molecule has 0 unspecified atom stereocenters. The fraction of sp³-hybridized carbons (Fsp3) is 0.250. The summed E-state index contributed by atoms with van der Waals surface area (Å²) in [5.41, 5.74) is 1.60. The fourth-order valence-electron chi connectivity index (χ4n) is 1.56. The minimum absolute atomic E-state index is 0.135. The second kappa shape index (κ2) is 5.77. The number of oxazole rings is 1. The van der Waals surface area contributed by atoms with E-state index in [2.05, 4.69) is 4.98 Å². The van der Waals surface area contributed by atoms with E-state index >= 15 is 0 Å². The lowest BCUT2D eigenvalue weighted by atomic mass is 9.79. The van der Waals surface area contributed by atoms with Crippen molar-refractivity contribution in [2.75, 3.05) is 0 Å². The molecule has 1 aromatic heterocycles. The van der Waals surface area contributed by atoms with Crippen molar-refractivity contribution in [1.29, 1.82) is 0 Å². The van der Waals surface area contributed by atoms with Crippen LogP contribution in [0.2, 0.25) is 0 Å². The Morgan fingerprint density at radius 3 is 2.63 bits per heavy atom. The summed E-state index contributed by atoms with van der Waals surface area (Å²) < 4.78 is 18.7. The van der Waals surface area contributed by atoms with Crippen LogP contribution >= 0.6 is 11.8 Å². The van der Waals surface area contributed by atoms with E-state index in [4.69, 9.17) is 14.5 Å². The molecule has 4 nitrogen and oxygen atoms in total. The Kier molecular flexibility index (Phi) is 4.29. The molecule has 0 saturated heterocycles. The lowest BCUT2D eigenvalue weighted by Crippen LogP contribution is -2.30. The van der Waals surface area contributed by atoms with Gasteiger partial charge in [-0.2, -0.15) is 0 Å². The molecule has 0 atom stereocenters. The van der Waals surface area contributed by atoms with E-state index in [-0.39, 0.29) is 5.46 Å². The summed E-state index contributed by atoms with van der Waals surface area (Å²) in [5.74, 6) is 0.700. The Morgan fingerprint density at radius 1 is 1.32 bits per heavy atom. The van der Waals surface area contributed by atoms with Crippen molar-refractivity contribution in [2.24, 2.45) is 0 Å². The van der Waals surface area contributed by atoms with Crippen LogP contribution in [0.1, 0.15) is 17.0 Å². The summed E-state index contributed by atoms with van der Waals surface area (Å²) in [5, 5.41) is 18.6. The number of aryl methyl sites for hydroxylation is 2. The van der Waals surface area contributed by atoms with Gasteiger partial charge >= 0.3 is 7.12 Å². The van der Waals surface area contributed by atoms with E-state index in [0.717, 1.165) is 17.5 Å². The zero-order chi connectivity index (χ0) is 14.0. The average molecular weight is 281 g/mol. The molecule has 0 amide bonds. The fourth-order valence-corrected chi connectivity index (χ4v) is 2.40. The molecular weight excluding hydrogens is 268 g/mol. The number of benzene rings is 1. The number of aromatic nitrogens is 1. The molecule has 0 fully saturated rings. The quantitative estimate of drug-likeness (QED) is 0.655. The van der Waals surface area contributed by atoms with E-state index in [1.807, 2.05) is 13.8 Å². The molecule has 0 aliphatic carbocycles. The van der Waals surface area contributed by atoms with Crippen LogP contribution in [-0.2, 0) is 5.75 Å². The second-order valence-electron chi connectivity index (χ2n) is 4.18. The first-order chi connectivity index (χ1) is 8.95. The van der Waals surface area contributed by atoms with Crippen molar-refractivity contribution in [3.63, 3.8) is 0 Å². The molecule has 2 aromatic rings. The van der Waals surface area contributed by atoms with Gasteiger partial charge in [-0.3, -0.25) is 0 Å². The summed E-state index contributed by atoms with van der Waals surface area (Å²) in [6.07, 6.45) is 0. The highest BCUT2D eigenvalue weighted by molar-refractivity contribution is 7.98. The van der Waals surface area contributed by atoms with Crippen molar-refractivity contribution in [2.45, 2.75) is 24.8 Å². The number of hydrogen-bond donors (Lipinski definition) is 2. The standard InChI is InChI=1S/C12H13BFNO3S/c1-7-8(2)18-12(15-7)19-6-9-3-10(13(16)17)5-11(14)4-9/h3-5,16-17H,6H2,1-2H3. The zero-order valence-electron chi connectivity index (χ0n) is 10.6. The molecule has 0 radical (unpaired) electrons.